The molecule has 172 valence electrons. The molecule has 0 bridgehead atoms. The van der Waals surface area contributed by atoms with Crippen LogP contribution < -0.4 is 10.6 Å². The number of aliphatic carboxylic acids is 1. The second-order valence-electron chi connectivity index (χ2n) is 8.60. The molecule has 3 aromatic rings. The van der Waals surface area contributed by atoms with E-state index in [1.54, 1.807) is 0 Å². The number of carbonyl (C=O) groups excluding carboxylic acids is 2. The largest absolute Gasteiger partial charge is 0.481 e. The number of hydrogen-bond acceptors (Lipinski definition) is 4. The van der Waals surface area contributed by atoms with Gasteiger partial charge in [0.15, 0.2) is 0 Å². The van der Waals surface area contributed by atoms with Crippen LogP contribution in [0.5, 0.6) is 0 Å². The van der Waals surface area contributed by atoms with Gasteiger partial charge in [0.05, 0.1) is 4.88 Å². The van der Waals surface area contributed by atoms with Gasteiger partial charge in [0.1, 0.15) is 0 Å². The van der Waals surface area contributed by atoms with Gasteiger partial charge in [-0.2, -0.15) is 0 Å². The first-order valence-corrected chi connectivity index (χ1v) is 12.2. The van der Waals surface area contributed by atoms with Gasteiger partial charge in [-0.05, 0) is 72.7 Å². The molecule has 0 aliphatic heterocycles. The van der Waals surface area contributed by atoms with Gasteiger partial charge in [-0.3, -0.25) is 14.4 Å². The number of benzene rings is 2. The maximum atomic E-state index is 12.4. The molecule has 1 saturated carbocycles. The lowest BCUT2D eigenvalue weighted by Gasteiger charge is -2.28. The van der Waals surface area contributed by atoms with Crippen molar-refractivity contribution in [3.63, 3.8) is 0 Å². The lowest BCUT2D eigenvalue weighted by atomic mass is 9.77. The molecule has 7 heteroatoms. The maximum Gasteiger partial charge on any atom is 0.303 e. The zero-order chi connectivity index (χ0) is 23.2. The van der Waals surface area contributed by atoms with Crippen molar-refractivity contribution in [1.82, 2.24) is 10.6 Å². The van der Waals surface area contributed by atoms with E-state index in [-0.39, 0.29) is 24.2 Å². The Morgan fingerprint density at radius 2 is 1.55 bits per heavy atom. The second-order valence-corrected chi connectivity index (χ2v) is 9.68. The lowest BCUT2D eigenvalue weighted by Crippen LogP contribution is -2.34. The first-order chi connectivity index (χ1) is 16.0. The highest BCUT2D eigenvalue weighted by Crippen LogP contribution is 2.37. The summed E-state index contributed by atoms with van der Waals surface area (Å²) in [6.45, 7) is 0.710. The molecule has 2 aromatic carbocycles. The molecule has 0 spiro atoms. The number of fused-ring (bicyclic) bond motifs is 1. The Bertz CT molecular complexity index is 1100. The molecular formula is C26H28N2O4S. The summed E-state index contributed by atoms with van der Waals surface area (Å²) in [5, 5.41) is 15.7. The average molecular weight is 465 g/mol. The molecular weight excluding hydrogens is 436 g/mol. The van der Waals surface area contributed by atoms with E-state index in [0.717, 1.165) is 35.8 Å². The Kier molecular flexibility index (Phi) is 7.40. The third-order valence-corrected chi connectivity index (χ3v) is 7.41. The van der Waals surface area contributed by atoms with Crippen molar-refractivity contribution in [2.75, 3.05) is 13.1 Å². The molecule has 0 saturated heterocycles. The van der Waals surface area contributed by atoms with Gasteiger partial charge < -0.3 is 15.7 Å². The predicted molar refractivity (Wildman–Crippen MR) is 130 cm³/mol. The molecule has 1 aliphatic carbocycles. The van der Waals surface area contributed by atoms with Gasteiger partial charge in [0.2, 0.25) is 0 Å². The molecule has 0 radical (unpaired) electrons. The summed E-state index contributed by atoms with van der Waals surface area (Å²) < 4.78 is 1.08. The van der Waals surface area contributed by atoms with E-state index in [2.05, 4.69) is 10.6 Å². The van der Waals surface area contributed by atoms with E-state index in [9.17, 15) is 14.4 Å². The lowest BCUT2D eigenvalue weighted by molar-refractivity contribution is -0.138. The summed E-state index contributed by atoms with van der Waals surface area (Å²) in [7, 11) is 0. The Morgan fingerprint density at radius 3 is 2.21 bits per heavy atom. The molecule has 1 aliphatic rings. The number of thiophene rings is 1. The van der Waals surface area contributed by atoms with Crippen molar-refractivity contribution in [2.24, 2.45) is 5.92 Å². The summed E-state index contributed by atoms with van der Waals surface area (Å²) in [6, 6.07) is 17.4. The van der Waals surface area contributed by atoms with Crippen LogP contribution in [0.15, 0.2) is 54.6 Å². The molecule has 0 unspecified atom stereocenters. The van der Waals surface area contributed by atoms with Crippen LogP contribution in [0.4, 0.5) is 0 Å². The minimum atomic E-state index is -0.714. The van der Waals surface area contributed by atoms with Crippen molar-refractivity contribution in [3.05, 3.63) is 70.6 Å². The predicted octanol–water partition coefficient (Wildman–Crippen LogP) is 4.81. The van der Waals surface area contributed by atoms with Crippen molar-refractivity contribution in [2.45, 2.75) is 38.0 Å². The van der Waals surface area contributed by atoms with Gasteiger partial charge in [-0.1, -0.05) is 30.3 Å². The van der Waals surface area contributed by atoms with E-state index in [1.165, 1.54) is 16.9 Å². The highest BCUT2D eigenvalue weighted by atomic mass is 32.1. The molecule has 4 rings (SSSR count). The number of nitrogens with one attached hydrogen (secondary N) is 2. The Balaban J connectivity index is 1.20. The van der Waals surface area contributed by atoms with Crippen LogP contribution >= 0.6 is 11.3 Å². The van der Waals surface area contributed by atoms with Crippen molar-refractivity contribution < 1.29 is 19.5 Å². The van der Waals surface area contributed by atoms with E-state index in [4.69, 9.17) is 5.11 Å². The average Bonchev–Trinajstić information content (AvgIpc) is 3.26. The third-order valence-electron chi connectivity index (χ3n) is 6.30. The minimum absolute atomic E-state index is 0.132. The molecule has 3 N–H and O–H groups in total. The molecule has 2 amide bonds. The Hall–Kier alpha value is -3.19. The van der Waals surface area contributed by atoms with Crippen LogP contribution in [0.25, 0.3) is 10.1 Å². The van der Waals surface area contributed by atoms with Crippen LogP contribution in [0, 0.1) is 5.92 Å². The van der Waals surface area contributed by atoms with Gasteiger partial charge in [0.25, 0.3) is 11.8 Å². The molecule has 1 aromatic heterocycles. The van der Waals surface area contributed by atoms with Crippen LogP contribution in [0.2, 0.25) is 0 Å². The van der Waals surface area contributed by atoms with Crippen LogP contribution in [-0.2, 0) is 4.79 Å². The summed E-state index contributed by atoms with van der Waals surface area (Å²) in [5.74, 6) is -0.302. The topological polar surface area (TPSA) is 95.5 Å². The summed E-state index contributed by atoms with van der Waals surface area (Å²) in [5.41, 5.74) is 1.80. The van der Waals surface area contributed by atoms with E-state index < -0.39 is 5.97 Å². The highest BCUT2D eigenvalue weighted by molar-refractivity contribution is 7.20. The second kappa shape index (κ2) is 10.6. The molecule has 1 fully saturated rings. The van der Waals surface area contributed by atoms with Crippen LogP contribution in [0.3, 0.4) is 0 Å². The summed E-state index contributed by atoms with van der Waals surface area (Å²) in [6.07, 6.45) is 4.11. The van der Waals surface area contributed by atoms with Gasteiger partial charge in [-0.15, -0.1) is 11.3 Å². The van der Waals surface area contributed by atoms with Crippen molar-refractivity contribution >= 4 is 39.2 Å². The normalized spacial score (nSPS) is 18.1. The fourth-order valence-corrected chi connectivity index (χ4v) is 5.47. The fraction of sp³-hybridized carbons (Fsp3) is 0.346. The molecule has 1 heterocycles. The smallest absolute Gasteiger partial charge is 0.303 e. The number of hydrogen-bond donors (Lipinski definition) is 3. The number of amides is 2. The summed E-state index contributed by atoms with van der Waals surface area (Å²) in [4.78, 5) is 36.3. The molecule has 0 atom stereocenters. The van der Waals surface area contributed by atoms with Gasteiger partial charge in [0, 0.05) is 29.8 Å². The maximum absolute atomic E-state index is 12.4. The monoisotopic (exact) mass is 464 g/mol. The van der Waals surface area contributed by atoms with Crippen molar-refractivity contribution in [3.8, 4) is 0 Å². The standard InChI is InChI=1S/C26H28N2O4S/c29-24(30)15-17-5-7-18(8-6-17)19-9-11-20(12-10-19)25(31)27-13-14-28-26(32)23-16-21-3-1-2-4-22(21)33-23/h1-4,9-12,16-18H,5-8,13-15H2,(H,27,31)(H,28,32)(H,29,30)/t17-,18-. The molecule has 33 heavy (non-hydrogen) atoms. The van der Waals surface area contributed by atoms with Gasteiger partial charge >= 0.3 is 5.97 Å². The van der Waals surface area contributed by atoms with Crippen LogP contribution in [0.1, 0.15) is 63.6 Å². The minimum Gasteiger partial charge on any atom is -0.481 e. The quantitative estimate of drug-likeness (QED) is 0.417. The molecule has 6 nitrogen and oxygen atoms in total. The Morgan fingerprint density at radius 1 is 0.879 bits per heavy atom. The zero-order valence-corrected chi connectivity index (χ0v) is 19.2. The highest BCUT2D eigenvalue weighted by Gasteiger charge is 2.24. The Labute approximate surface area is 197 Å². The van der Waals surface area contributed by atoms with Gasteiger partial charge in [-0.25, -0.2) is 0 Å². The van der Waals surface area contributed by atoms with Crippen LogP contribution in [-0.4, -0.2) is 36.0 Å². The zero-order valence-electron chi connectivity index (χ0n) is 18.4. The fourth-order valence-electron chi connectivity index (χ4n) is 4.49. The van der Waals surface area contributed by atoms with E-state index >= 15 is 0 Å². The number of carboxylic acids is 1. The summed E-state index contributed by atoms with van der Waals surface area (Å²) >= 11 is 1.46. The number of rotatable bonds is 8. The number of carboxylic acid groups (broad SMARTS) is 1. The first-order valence-electron chi connectivity index (χ1n) is 11.4. The SMILES string of the molecule is O=C(O)C[C@H]1CC[C@H](c2ccc(C(=O)NCCNC(=O)c3cc4ccccc4s3)cc2)CC1. The third kappa shape index (κ3) is 5.99. The van der Waals surface area contributed by atoms with E-state index in [1.807, 2.05) is 54.6 Å². The van der Waals surface area contributed by atoms with E-state index in [0.29, 0.717) is 29.4 Å². The number of carbonyl (C=O) groups is 3. The first kappa shape index (κ1) is 23.0. The van der Waals surface area contributed by atoms with Crippen molar-refractivity contribution in [1.29, 1.82) is 0 Å².